The molecule has 0 saturated heterocycles. The summed E-state index contributed by atoms with van der Waals surface area (Å²) in [4.78, 5) is 4.66. The summed E-state index contributed by atoms with van der Waals surface area (Å²) in [6.07, 6.45) is 1.35. The van der Waals surface area contributed by atoms with E-state index in [9.17, 15) is 13.0 Å². The molecule has 2 atom stereocenters. The van der Waals surface area contributed by atoms with Crippen LogP contribution in [-0.2, 0) is 14.6 Å². The van der Waals surface area contributed by atoms with Crippen LogP contribution < -0.4 is 15.1 Å². The highest BCUT2D eigenvalue weighted by molar-refractivity contribution is 7.90. The number of sulfonamides is 1. The van der Waals surface area contributed by atoms with E-state index in [1.54, 1.807) is 24.3 Å². The molecule has 8 heteroatoms. The lowest BCUT2D eigenvalue weighted by molar-refractivity contribution is 0.521. The van der Waals surface area contributed by atoms with Crippen LogP contribution in [0.5, 0.6) is 0 Å². The zero-order chi connectivity index (χ0) is 19.7. The van der Waals surface area contributed by atoms with Crippen LogP contribution in [0.25, 0.3) is 0 Å². The van der Waals surface area contributed by atoms with Gasteiger partial charge in [-0.15, -0.1) is 0 Å². The second kappa shape index (κ2) is 7.13. The highest BCUT2D eigenvalue weighted by Crippen LogP contribution is 2.59. The number of aliphatic imine (C=N–C) groups is 1. The Morgan fingerprint density at radius 3 is 2.33 bits per heavy atom. The molecule has 3 rings (SSSR count). The number of hydrogen-bond acceptors (Lipinski definition) is 4. The van der Waals surface area contributed by atoms with Gasteiger partial charge in [-0.2, -0.15) is 0 Å². The highest BCUT2D eigenvalue weighted by atomic mass is 32.2. The van der Waals surface area contributed by atoms with Gasteiger partial charge in [0.2, 0.25) is 13.3 Å². The predicted molar refractivity (Wildman–Crippen MR) is 109 cm³/mol. The van der Waals surface area contributed by atoms with Crippen molar-refractivity contribution in [1.29, 1.82) is 0 Å². The van der Waals surface area contributed by atoms with Crippen LogP contribution in [0.1, 0.15) is 32.3 Å². The fourth-order valence-electron chi connectivity index (χ4n) is 3.22. The van der Waals surface area contributed by atoms with Crippen molar-refractivity contribution in [2.45, 2.75) is 43.8 Å². The Hall–Kier alpha value is -2.11. The molecule has 1 aliphatic heterocycles. The number of guanidine groups is 1. The Kier molecular flexibility index (Phi) is 5.19. The lowest BCUT2D eigenvalue weighted by Gasteiger charge is -2.28. The third kappa shape index (κ3) is 3.66. The molecule has 0 spiro atoms. The SMILES string of the molecule is CCCC1(C)N=C(NS(=O)(=O)c2ccc(C)cc2)NP1(=O)c1ccccc1. The average molecular weight is 405 g/mol. The summed E-state index contributed by atoms with van der Waals surface area (Å²) in [5.41, 5.74) is 0.967. The third-order valence-electron chi connectivity index (χ3n) is 4.70. The van der Waals surface area contributed by atoms with E-state index in [1.165, 1.54) is 12.1 Å². The first kappa shape index (κ1) is 19.6. The van der Waals surface area contributed by atoms with Crippen LogP contribution in [0.3, 0.4) is 0 Å². The molecule has 27 heavy (non-hydrogen) atoms. The van der Waals surface area contributed by atoms with Crippen molar-refractivity contribution in [3.8, 4) is 0 Å². The molecule has 2 aromatic carbocycles. The number of nitrogens with zero attached hydrogens (tertiary/aromatic N) is 1. The van der Waals surface area contributed by atoms with Crippen LogP contribution >= 0.6 is 7.29 Å². The molecule has 0 aliphatic carbocycles. The van der Waals surface area contributed by atoms with E-state index in [-0.39, 0.29) is 10.9 Å². The molecular weight excluding hydrogens is 381 g/mol. The Bertz CT molecular complexity index is 1000. The van der Waals surface area contributed by atoms with Crippen LogP contribution in [0.15, 0.2) is 64.5 Å². The van der Waals surface area contributed by atoms with Gasteiger partial charge in [-0.1, -0.05) is 49.2 Å². The maximum absolute atomic E-state index is 13.9. The normalized spacial score (nSPS) is 24.9. The van der Waals surface area contributed by atoms with E-state index < -0.39 is 22.6 Å². The first-order valence-electron chi connectivity index (χ1n) is 8.83. The van der Waals surface area contributed by atoms with Gasteiger partial charge in [0.05, 0.1) is 4.90 Å². The Labute approximate surface area is 160 Å². The Balaban J connectivity index is 1.95. The molecule has 144 valence electrons. The monoisotopic (exact) mass is 405 g/mol. The van der Waals surface area contributed by atoms with Gasteiger partial charge in [0.25, 0.3) is 10.0 Å². The van der Waals surface area contributed by atoms with E-state index in [1.807, 2.05) is 39.0 Å². The quantitative estimate of drug-likeness (QED) is 0.747. The second-order valence-corrected chi connectivity index (χ2v) is 11.5. The lowest BCUT2D eigenvalue weighted by Crippen LogP contribution is -2.38. The third-order valence-corrected chi connectivity index (χ3v) is 9.29. The molecule has 6 nitrogen and oxygen atoms in total. The molecule has 0 amide bonds. The van der Waals surface area contributed by atoms with Crippen LogP contribution in [0.2, 0.25) is 0 Å². The Morgan fingerprint density at radius 2 is 1.74 bits per heavy atom. The summed E-state index contributed by atoms with van der Waals surface area (Å²) >= 11 is 0. The van der Waals surface area contributed by atoms with Gasteiger partial charge in [-0.3, -0.25) is 4.57 Å². The van der Waals surface area contributed by atoms with E-state index >= 15 is 0 Å². The van der Waals surface area contributed by atoms with Gasteiger partial charge in [0.15, 0.2) is 0 Å². The molecule has 1 aliphatic rings. The zero-order valence-corrected chi connectivity index (χ0v) is 17.3. The predicted octanol–water partition coefficient (Wildman–Crippen LogP) is 3.35. The minimum atomic E-state index is -3.82. The summed E-state index contributed by atoms with van der Waals surface area (Å²) in [6.45, 7) is 5.69. The summed E-state index contributed by atoms with van der Waals surface area (Å²) in [7, 11) is -7.01. The molecule has 2 unspecified atom stereocenters. The first-order valence-corrected chi connectivity index (χ1v) is 12.0. The molecule has 1 heterocycles. The molecular formula is C19H24N3O3PS. The van der Waals surface area contributed by atoms with Crippen molar-refractivity contribution < 1.29 is 13.0 Å². The fraction of sp³-hybridized carbons (Fsp3) is 0.316. The van der Waals surface area contributed by atoms with Gasteiger partial charge in [-0.05, 0) is 44.5 Å². The topological polar surface area (TPSA) is 87.6 Å². The minimum absolute atomic E-state index is 0.0266. The minimum Gasteiger partial charge on any atom is -0.301 e. The second-order valence-electron chi connectivity index (χ2n) is 6.90. The van der Waals surface area contributed by atoms with Crippen molar-refractivity contribution in [3.05, 3.63) is 60.2 Å². The highest BCUT2D eigenvalue weighted by Gasteiger charge is 2.51. The molecule has 2 N–H and O–H groups in total. The number of aryl methyl sites for hydroxylation is 1. The largest absolute Gasteiger partial charge is 0.301 e. The Morgan fingerprint density at radius 1 is 1.11 bits per heavy atom. The van der Waals surface area contributed by atoms with Crippen molar-refractivity contribution in [2.75, 3.05) is 0 Å². The average Bonchev–Trinajstić information content (AvgIpc) is 2.86. The van der Waals surface area contributed by atoms with Crippen LogP contribution in [0, 0.1) is 6.92 Å². The van der Waals surface area contributed by atoms with Crippen molar-refractivity contribution in [3.63, 3.8) is 0 Å². The van der Waals surface area contributed by atoms with Crippen molar-refractivity contribution in [2.24, 2.45) is 4.99 Å². The molecule has 0 saturated carbocycles. The number of benzene rings is 2. The molecule has 0 bridgehead atoms. The van der Waals surface area contributed by atoms with E-state index in [0.29, 0.717) is 11.7 Å². The van der Waals surface area contributed by atoms with Gasteiger partial charge in [-0.25, -0.2) is 18.1 Å². The van der Waals surface area contributed by atoms with E-state index in [2.05, 4.69) is 14.8 Å². The maximum atomic E-state index is 13.9. The first-order chi connectivity index (χ1) is 12.7. The smallest absolute Gasteiger partial charge is 0.264 e. The summed E-state index contributed by atoms with van der Waals surface area (Å²) in [5.74, 6) is 0.0266. The van der Waals surface area contributed by atoms with Crippen LogP contribution in [-0.4, -0.2) is 19.7 Å². The maximum Gasteiger partial charge on any atom is 0.264 e. The number of rotatable bonds is 5. The van der Waals surface area contributed by atoms with Gasteiger partial charge < -0.3 is 5.09 Å². The van der Waals surface area contributed by atoms with Gasteiger partial charge in [0, 0.05) is 5.30 Å². The molecule has 0 fully saturated rings. The van der Waals surface area contributed by atoms with E-state index in [4.69, 9.17) is 0 Å². The molecule has 0 aromatic heterocycles. The molecule has 2 aromatic rings. The summed E-state index contributed by atoms with van der Waals surface area (Å²) in [5, 5.41) is 2.64. The standard InChI is InChI=1S/C19H24N3O3PS/c1-4-14-19(3)20-18(21-26(19,23)16-8-6-5-7-9-16)22-27(24,25)17-12-10-15(2)11-13-17/h5-13H,4,14H2,1-3H3,(H2,20,21,22,23). The van der Waals surface area contributed by atoms with E-state index in [0.717, 1.165) is 12.0 Å². The zero-order valence-electron chi connectivity index (χ0n) is 15.6. The fourth-order valence-corrected chi connectivity index (χ4v) is 6.96. The van der Waals surface area contributed by atoms with Crippen LogP contribution in [0.4, 0.5) is 0 Å². The molecule has 0 radical (unpaired) electrons. The number of hydrogen-bond donors (Lipinski definition) is 2. The van der Waals surface area contributed by atoms with Crippen molar-refractivity contribution in [1.82, 2.24) is 9.81 Å². The lowest BCUT2D eigenvalue weighted by atomic mass is 10.2. The van der Waals surface area contributed by atoms with Crippen molar-refractivity contribution >= 4 is 28.6 Å². The van der Waals surface area contributed by atoms with Gasteiger partial charge in [0.1, 0.15) is 5.28 Å². The number of nitrogens with one attached hydrogen (secondary N) is 2. The summed E-state index contributed by atoms with van der Waals surface area (Å²) in [6, 6.07) is 15.6. The summed E-state index contributed by atoms with van der Waals surface area (Å²) < 4.78 is 41.7. The van der Waals surface area contributed by atoms with Gasteiger partial charge >= 0.3 is 0 Å².